The highest BCUT2D eigenvalue weighted by Gasteiger charge is 2.29. The monoisotopic (exact) mass is 316 g/mol. The fraction of sp³-hybridized carbons (Fsp3) is 0.357. The second kappa shape index (κ2) is 5.88. The lowest BCUT2D eigenvalue weighted by atomic mass is 10.1. The van der Waals surface area contributed by atoms with Gasteiger partial charge in [0.05, 0.1) is 19.2 Å². The number of hydrogen-bond donors (Lipinski definition) is 2. The third-order valence-corrected chi connectivity index (χ3v) is 3.25. The Morgan fingerprint density at radius 2 is 2.09 bits per heavy atom. The summed E-state index contributed by atoms with van der Waals surface area (Å²) in [5.74, 6) is -0.719. The molecule has 2 N–H and O–H groups in total. The molecular weight excluding hydrogens is 301 g/mol. The summed E-state index contributed by atoms with van der Waals surface area (Å²) < 4.78 is 43.5. The molecular formula is C14H15F3N2O3. The third kappa shape index (κ3) is 3.01. The lowest BCUT2D eigenvalue weighted by Crippen LogP contribution is -2.34. The van der Waals surface area contributed by atoms with Crippen LogP contribution < -0.4 is 10.1 Å². The number of rotatable bonds is 4. The van der Waals surface area contributed by atoms with Crippen LogP contribution in [-0.4, -0.2) is 35.4 Å². The molecule has 1 heterocycles. The highest BCUT2D eigenvalue weighted by molar-refractivity contribution is 6.09. The van der Waals surface area contributed by atoms with E-state index in [0.717, 1.165) is 0 Å². The minimum absolute atomic E-state index is 0.00597. The molecule has 0 aliphatic carbocycles. The van der Waals surface area contributed by atoms with Gasteiger partial charge in [0, 0.05) is 24.2 Å². The van der Waals surface area contributed by atoms with E-state index in [1.165, 1.54) is 13.2 Å². The van der Waals surface area contributed by atoms with Crippen LogP contribution in [0.1, 0.15) is 15.9 Å². The molecule has 1 aromatic carbocycles. The van der Waals surface area contributed by atoms with Crippen molar-refractivity contribution in [2.75, 3.05) is 13.7 Å². The van der Waals surface area contributed by atoms with E-state index < -0.39 is 18.6 Å². The highest BCUT2D eigenvalue weighted by Crippen LogP contribution is 2.31. The predicted octanol–water partition coefficient (Wildman–Crippen LogP) is 1.97. The first-order chi connectivity index (χ1) is 10.3. The normalized spacial score (nSPS) is 11.7. The molecule has 0 spiro atoms. The lowest BCUT2D eigenvalue weighted by molar-refractivity contribution is -0.123. The molecule has 5 nitrogen and oxygen atoms in total. The molecule has 1 amide bonds. The maximum atomic E-state index is 12.3. The van der Waals surface area contributed by atoms with Gasteiger partial charge in [-0.3, -0.25) is 4.79 Å². The number of hydrogen-bond acceptors (Lipinski definition) is 3. The molecule has 0 aliphatic heterocycles. The molecule has 2 aromatic rings. The average Bonchev–Trinajstić information content (AvgIpc) is 2.79. The van der Waals surface area contributed by atoms with Crippen LogP contribution in [-0.2, 0) is 13.7 Å². The summed E-state index contributed by atoms with van der Waals surface area (Å²) in [4.78, 5) is 12.2. The number of aliphatic hydroxyl groups is 1. The summed E-state index contributed by atoms with van der Waals surface area (Å²) in [7, 11) is 2.97. The van der Waals surface area contributed by atoms with Crippen LogP contribution in [0.5, 0.6) is 5.75 Å². The Hall–Kier alpha value is -2.22. The molecule has 0 saturated heterocycles. The average molecular weight is 316 g/mol. The van der Waals surface area contributed by atoms with Crippen molar-refractivity contribution in [2.24, 2.45) is 7.05 Å². The van der Waals surface area contributed by atoms with E-state index >= 15 is 0 Å². The molecule has 120 valence electrons. The van der Waals surface area contributed by atoms with Crippen molar-refractivity contribution >= 4 is 16.8 Å². The number of benzene rings is 1. The van der Waals surface area contributed by atoms with Crippen molar-refractivity contribution in [2.45, 2.75) is 12.8 Å². The number of nitrogens with zero attached hydrogens (tertiary/aromatic N) is 1. The maximum absolute atomic E-state index is 12.3. The molecule has 1 aromatic heterocycles. The summed E-state index contributed by atoms with van der Waals surface area (Å²) in [6, 6.07) is 3.14. The number of fused-ring (bicyclic) bond motifs is 1. The number of methoxy groups -OCH3 is 1. The zero-order chi connectivity index (χ0) is 16.5. The van der Waals surface area contributed by atoms with E-state index in [1.807, 2.05) is 5.32 Å². The van der Waals surface area contributed by atoms with Gasteiger partial charge in [-0.2, -0.15) is 13.2 Å². The van der Waals surface area contributed by atoms with Crippen molar-refractivity contribution in [3.8, 4) is 5.75 Å². The zero-order valence-electron chi connectivity index (χ0n) is 12.0. The number of aromatic nitrogens is 1. The van der Waals surface area contributed by atoms with Crippen LogP contribution in [0.3, 0.4) is 0 Å². The Morgan fingerprint density at radius 1 is 1.41 bits per heavy atom. The summed E-state index contributed by atoms with van der Waals surface area (Å²) in [5, 5.41) is 11.7. The maximum Gasteiger partial charge on any atom is 0.405 e. The zero-order valence-corrected chi connectivity index (χ0v) is 12.0. The molecule has 0 radical (unpaired) electrons. The standard InChI is InChI=1S/C14H15F3N2O3/c1-19-5-8(6-20)9-3-4-10(22-2)11(12(9)19)13(21)18-7-14(15,16)17/h3-5,20H,6-7H2,1-2H3,(H,18,21). The predicted molar refractivity (Wildman–Crippen MR) is 73.8 cm³/mol. The smallest absolute Gasteiger partial charge is 0.405 e. The van der Waals surface area contributed by atoms with Crippen LogP contribution in [0.15, 0.2) is 18.3 Å². The van der Waals surface area contributed by atoms with Gasteiger partial charge in [-0.25, -0.2) is 0 Å². The summed E-state index contributed by atoms with van der Waals surface area (Å²) in [5.41, 5.74) is 0.986. The largest absolute Gasteiger partial charge is 0.496 e. The number of carbonyl (C=O) groups excluding carboxylic acids is 1. The number of halogens is 3. The molecule has 0 saturated carbocycles. The first-order valence-corrected chi connectivity index (χ1v) is 6.39. The van der Waals surface area contributed by atoms with E-state index in [9.17, 15) is 23.1 Å². The second-order valence-corrected chi connectivity index (χ2v) is 4.76. The van der Waals surface area contributed by atoms with Gasteiger partial charge in [-0.15, -0.1) is 0 Å². The Labute approximate surface area is 124 Å². The van der Waals surface area contributed by atoms with Crippen molar-refractivity contribution < 1.29 is 27.8 Å². The van der Waals surface area contributed by atoms with Crippen LogP contribution in [0.4, 0.5) is 13.2 Å². The van der Waals surface area contributed by atoms with E-state index in [0.29, 0.717) is 16.5 Å². The SMILES string of the molecule is COc1ccc2c(CO)cn(C)c2c1C(=O)NCC(F)(F)F. The van der Waals surface area contributed by atoms with Gasteiger partial charge in [-0.1, -0.05) is 0 Å². The van der Waals surface area contributed by atoms with Crippen LogP contribution in [0.2, 0.25) is 0 Å². The van der Waals surface area contributed by atoms with E-state index in [-0.39, 0.29) is 17.9 Å². The van der Waals surface area contributed by atoms with Crippen molar-refractivity contribution in [1.82, 2.24) is 9.88 Å². The fourth-order valence-electron chi connectivity index (χ4n) is 2.35. The first kappa shape index (κ1) is 16.2. The van der Waals surface area contributed by atoms with Crippen molar-refractivity contribution in [3.63, 3.8) is 0 Å². The van der Waals surface area contributed by atoms with Gasteiger partial charge in [0.15, 0.2) is 0 Å². The van der Waals surface area contributed by atoms with Gasteiger partial charge >= 0.3 is 6.18 Å². The van der Waals surface area contributed by atoms with Gasteiger partial charge in [0.2, 0.25) is 0 Å². The Balaban J connectivity index is 2.54. The molecule has 0 unspecified atom stereocenters. The minimum atomic E-state index is -4.50. The molecule has 22 heavy (non-hydrogen) atoms. The number of aliphatic hydroxyl groups excluding tert-OH is 1. The van der Waals surface area contributed by atoms with Crippen LogP contribution in [0, 0.1) is 0 Å². The van der Waals surface area contributed by atoms with Crippen LogP contribution >= 0.6 is 0 Å². The molecule has 8 heteroatoms. The number of ether oxygens (including phenoxy) is 1. The van der Waals surface area contributed by atoms with E-state index in [1.54, 1.807) is 23.9 Å². The van der Waals surface area contributed by atoms with E-state index in [4.69, 9.17) is 4.74 Å². The summed E-state index contributed by atoms with van der Waals surface area (Å²) in [6.07, 6.45) is -2.88. The van der Waals surface area contributed by atoms with Gasteiger partial charge in [0.25, 0.3) is 5.91 Å². The van der Waals surface area contributed by atoms with Crippen molar-refractivity contribution in [3.05, 3.63) is 29.5 Å². The summed E-state index contributed by atoms with van der Waals surface area (Å²) in [6.45, 7) is -1.67. The number of aryl methyl sites for hydroxylation is 1. The summed E-state index contributed by atoms with van der Waals surface area (Å²) >= 11 is 0. The van der Waals surface area contributed by atoms with Crippen LogP contribution in [0.25, 0.3) is 10.9 Å². The fourth-order valence-corrected chi connectivity index (χ4v) is 2.35. The molecule has 2 rings (SSSR count). The van der Waals surface area contributed by atoms with Gasteiger partial charge in [0.1, 0.15) is 17.9 Å². The quantitative estimate of drug-likeness (QED) is 0.906. The molecule has 0 bridgehead atoms. The van der Waals surface area contributed by atoms with Gasteiger partial charge in [-0.05, 0) is 12.1 Å². The van der Waals surface area contributed by atoms with Crippen molar-refractivity contribution in [1.29, 1.82) is 0 Å². The number of alkyl halides is 3. The topological polar surface area (TPSA) is 63.5 Å². The number of amides is 1. The number of carbonyl (C=O) groups is 1. The van der Waals surface area contributed by atoms with E-state index in [2.05, 4.69) is 0 Å². The highest BCUT2D eigenvalue weighted by atomic mass is 19.4. The third-order valence-electron chi connectivity index (χ3n) is 3.25. The van der Waals surface area contributed by atoms with Gasteiger partial charge < -0.3 is 19.7 Å². The molecule has 0 fully saturated rings. The lowest BCUT2D eigenvalue weighted by Gasteiger charge is -2.13. The Morgan fingerprint density at radius 3 is 2.64 bits per heavy atom. The Kier molecular flexibility index (Phi) is 4.32. The minimum Gasteiger partial charge on any atom is -0.496 e. The first-order valence-electron chi connectivity index (χ1n) is 6.39. The number of nitrogens with one attached hydrogen (secondary N) is 1. The second-order valence-electron chi connectivity index (χ2n) is 4.76. The molecule has 0 atom stereocenters. The molecule has 0 aliphatic rings. The Bertz CT molecular complexity index is 707.